The van der Waals surface area contributed by atoms with E-state index in [2.05, 4.69) is 86.9 Å². The number of rotatable bonds is 45. The topological polar surface area (TPSA) is 221 Å². The highest BCUT2D eigenvalue weighted by Gasteiger charge is 2.49. The summed E-state index contributed by atoms with van der Waals surface area (Å²) in [5.41, 5.74) is 0.416. The Morgan fingerprint density at radius 2 is 1.05 bits per heavy atom. The first-order chi connectivity index (χ1) is 35.6. The number of aliphatic hydroxyl groups excluding tert-OH is 2. The predicted molar refractivity (Wildman–Crippen MR) is 314 cm³/mol. The van der Waals surface area contributed by atoms with Crippen LogP contribution in [-0.2, 0) is 48.2 Å². The zero-order valence-electron chi connectivity index (χ0n) is 44.7. The molecule has 0 radical (unpaired) electrons. The molecule has 428 valence electrons. The van der Waals surface area contributed by atoms with E-state index in [0.29, 0.717) is 18.4 Å². The van der Waals surface area contributed by atoms with Crippen LogP contribution in [0.5, 0.6) is 0 Å². The summed E-state index contributed by atoms with van der Waals surface area (Å²) in [7, 11) is -4.79. The van der Waals surface area contributed by atoms with E-state index in [1.54, 1.807) is 6.07 Å². The molecule has 1 aromatic carbocycles. The summed E-state index contributed by atoms with van der Waals surface area (Å²) in [6.45, 7) is 3.48. The van der Waals surface area contributed by atoms with Gasteiger partial charge in [-0.3, -0.25) is 23.7 Å². The number of nitrogens with one attached hydrogen (secondary N) is 1. The number of carbonyl (C=O) groups excluding carboxylic acids is 4. The van der Waals surface area contributed by atoms with Crippen molar-refractivity contribution in [1.29, 1.82) is 0 Å². The van der Waals surface area contributed by atoms with Crippen LogP contribution in [0.3, 0.4) is 0 Å². The van der Waals surface area contributed by atoms with Gasteiger partial charge in [0, 0.05) is 30.1 Å². The number of benzene rings is 1. The summed E-state index contributed by atoms with van der Waals surface area (Å²) in [6.07, 6.45) is 25.4. The Balaban J connectivity index is 1.90. The van der Waals surface area contributed by atoms with Crippen molar-refractivity contribution in [2.75, 3.05) is 25.5 Å². The molecule has 6 unspecified atom stereocenters. The number of hydrogen-bond donors (Lipinski definition) is 4. The Morgan fingerprint density at radius 1 is 0.608 bits per heavy atom. The molecule has 2 rings (SSSR count). The fraction of sp³-hybridized carbons (Fsp3) is 0.818. The van der Waals surface area contributed by atoms with E-state index in [-0.39, 0.29) is 32.4 Å². The molecule has 19 heteroatoms. The molecule has 4 N–H and O–H groups in total. The average Bonchev–Trinajstić information content (AvgIpc) is 3.35. The molecular weight excluding hydrogens is 1310 g/mol. The molecule has 1 heterocycles. The van der Waals surface area contributed by atoms with E-state index in [0.717, 1.165) is 55.7 Å². The first-order valence-corrected chi connectivity index (χ1v) is 33.0. The molecular formula is C55H92I3NO14S. The minimum absolute atomic E-state index is 0.126. The third-order valence-electron chi connectivity index (χ3n) is 13.3. The molecule has 1 aromatic rings. The van der Waals surface area contributed by atoms with Crippen LogP contribution in [0.4, 0.5) is 0 Å². The van der Waals surface area contributed by atoms with Crippen molar-refractivity contribution in [2.45, 2.75) is 263 Å². The molecule has 74 heavy (non-hydrogen) atoms. The molecule has 0 aromatic heterocycles. The van der Waals surface area contributed by atoms with E-state index in [4.69, 9.17) is 23.7 Å². The van der Waals surface area contributed by atoms with Gasteiger partial charge in [0.15, 0.2) is 18.5 Å². The zero-order chi connectivity index (χ0) is 54.4. The first kappa shape index (κ1) is 69.1. The monoisotopic (exact) mass is 1400 g/mol. The van der Waals surface area contributed by atoms with Gasteiger partial charge in [0.1, 0.15) is 30.7 Å². The second-order valence-electron chi connectivity index (χ2n) is 20.0. The third-order valence-corrected chi connectivity index (χ3v) is 17.7. The molecule has 1 fully saturated rings. The molecule has 0 aliphatic carbocycles. The van der Waals surface area contributed by atoms with Crippen LogP contribution in [-0.4, -0.2) is 109 Å². The van der Waals surface area contributed by atoms with Gasteiger partial charge in [0.25, 0.3) is 16.0 Å². The summed E-state index contributed by atoms with van der Waals surface area (Å²) in [5.74, 6) is -3.52. The van der Waals surface area contributed by atoms with Gasteiger partial charge in [-0.25, -0.2) is 0 Å². The van der Waals surface area contributed by atoms with Crippen molar-refractivity contribution in [2.24, 2.45) is 0 Å². The van der Waals surface area contributed by atoms with Gasteiger partial charge < -0.3 is 39.2 Å². The number of ether oxygens (including phenoxy) is 5. The van der Waals surface area contributed by atoms with Crippen LogP contribution in [0.25, 0.3) is 0 Å². The Kier molecular flexibility index (Phi) is 40.1. The summed E-state index contributed by atoms with van der Waals surface area (Å²) < 4.78 is 64.5. The lowest BCUT2D eigenvalue weighted by molar-refractivity contribution is -0.299. The van der Waals surface area contributed by atoms with Crippen molar-refractivity contribution in [3.8, 4) is 0 Å². The first-order valence-electron chi connectivity index (χ1n) is 28.1. The van der Waals surface area contributed by atoms with Crippen LogP contribution >= 0.6 is 67.8 Å². The number of unbranched alkanes of at least 4 members (excludes halogenated alkanes) is 28. The molecule has 6 atom stereocenters. The van der Waals surface area contributed by atoms with Gasteiger partial charge >= 0.3 is 17.9 Å². The Bertz CT molecular complexity index is 1810. The molecule has 1 aliphatic rings. The molecule has 1 aliphatic heterocycles. The Hall–Kier alpha value is -0.960. The number of carbonyl (C=O) groups is 4. The predicted octanol–water partition coefficient (Wildman–Crippen LogP) is 12.9. The van der Waals surface area contributed by atoms with Crippen molar-refractivity contribution in [1.82, 2.24) is 5.32 Å². The SMILES string of the molecule is CCCCCCCCCCCCCCCCCC(=O)OCC(COC1OC(CS(=O)(=O)O)C(OC(=O)CCNC(=O)c2cc(I)cc(I)c2I)C(O)C1O)OC(=O)CCCCCCCCCCCCCCCCC. The highest BCUT2D eigenvalue weighted by atomic mass is 127. The van der Waals surface area contributed by atoms with Gasteiger partial charge in [-0.1, -0.05) is 194 Å². The normalized spacial score (nSPS) is 18.2. The minimum atomic E-state index is -4.79. The van der Waals surface area contributed by atoms with Crippen molar-refractivity contribution in [3.05, 3.63) is 28.4 Å². The highest BCUT2D eigenvalue weighted by Crippen LogP contribution is 2.27. The van der Waals surface area contributed by atoms with Crippen molar-refractivity contribution < 1.29 is 66.0 Å². The van der Waals surface area contributed by atoms with Gasteiger partial charge in [-0.2, -0.15) is 8.42 Å². The summed E-state index contributed by atoms with van der Waals surface area (Å²) in [6, 6.07) is 3.62. The largest absolute Gasteiger partial charge is 0.462 e. The van der Waals surface area contributed by atoms with E-state index in [1.165, 1.54) is 135 Å². The van der Waals surface area contributed by atoms with Crippen LogP contribution in [0.15, 0.2) is 12.1 Å². The number of hydrogen-bond acceptors (Lipinski definition) is 13. The lowest BCUT2D eigenvalue weighted by Gasteiger charge is -2.41. The number of amides is 1. The average molecular weight is 1400 g/mol. The van der Waals surface area contributed by atoms with Gasteiger partial charge in [0.2, 0.25) is 0 Å². The van der Waals surface area contributed by atoms with Gasteiger partial charge in [0.05, 0.1) is 18.6 Å². The molecule has 15 nitrogen and oxygen atoms in total. The molecule has 0 saturated carbocycles. The van der Waals surface area contributed by atoms with E-state index in [9.17, 15) is 42.4 Å². The van der Waals surface area contributed by atoms with Crippen LogP contribution in [0.1, 0.15) is 236 Å². The number of halogens is 3. The minimum Gasteiger partial charge on any atom is -0.462 e. The summed E-state index contributed by atoms with van der Waals surface area (Å²) in [4.78, 5) is 51.8. The number of aliphatic hydroxyl groups is 2. The molecule has 1 amide bonds. The van der Waals surface area contributed by atoms with Crippen LogP contribution < -0.4 is 5.32 Å². The van der Waals surface area contributed by atoms with E-state index >= 15 is 0 Å². The molecule has 1 saturated heterocycles. The maximum atomic E-state index is 13.1. The van der Waals surface area contributed by atoms with Gasteiger partial charge in [-0.05, 0) is 92.7 Å². The Morgan fingerprint density at radius 3 is 1.51 bits per heavy atom. The van der Waals surface area contributed by atoms with E-state index in [1.807, 2.05) is 6.07 Å². The quantitative estimate of drug-likeness (QED) is 0.0119. The van der Waals surface area contributed by atoms with Crippen molar-refractivity contribution >= 4 is 102 Å². The maximum absolute atomic E-state index is 13.1. The summed E-state index contributed by atoms with van der Waals surface area (Å²) >= 11 is 6.27. The lowest BCUT2D eigenvalue weighted by Crippen LogP contribution is -2.61. The fourth-order valence-electron chi connectivity index (χ4n) is 8.94. The van der Waals surface area contributed by atoms with E-state index < -0.39 is 83.1 Å². The van der Waals surface area contributed by atoms with Crippen LogP contribution in [0.2, 0.25) is 0 Å². The smallest absolute Gasteiger partial charge is 0.308 e. The lowest BCUT2D eigenvalue weighted by atomic mass is 9.99. The fourth-order valence-corrected chi connectivity index (χ4v) is 12.0. The maximum Gasteiger partial charge on any atom is 0.308 e. The summed E-state index contributed by atoms with van der Waals surface area (Å²) in [5, 5.41) is 24.9. The van der Waals surface area contributed by atoms with Crippen molar-refractivity contribution in [3.63, 3.8) is 0 Å². The zero-order valence-corrected chi connectivity index (χ0v) is 51.9. The van der Waals surface area contributed by atoms with Gasteiger partial charge in [-0.15, -0.1) is 0 Å². The third kappa shape index (κ3) is 33.5. The second-order valence-corrected chi connectivity index (χ2v) is 25.0. The number of esters is 3. The highest BCUT2D eigenvalue weighted by molar-refractivity contribution is 14.1. The molecule has 0 spiro atoms. The molecule has 0 bridgehead atoms. The van der Waals surface area contributed by atoms with Crippen LogP contribution in [0, 0.1) is 10.7 Å². The standard InChI is InChI=1S/C55H92I3NO14S/c1-3-5-7-9-11-13-15-17-19-21-23-25-27-29-31-33-47(60)69-39-43(71-48(61)34-32-30-28-26-24-22-20-18-16-14-12-10-8-6-4-2)40-70-55-52(64)51(63)53(46(72-55)41-74(66,67)68)73-49(62)35-36-59-54(65)44-37-42(56)38-45(57)50(44)58/h37-38,43,46,51-53,55,63-64H,3-36,39-41H2,1-2H3,(H,59,65)(H,66,67,68). The second kappa shape index (κ2) is 42.9. The Labute approximate surface area is 485 Å².